The molecule has 0 saturated heterocycles. The van der Waals surface area contributed by atoms with E-state index in [0.717, 1.165) is 0 Å². The Hall–Kier alpha value is -4.10. The molecule has 0 unspecified atom stereocenters. The zero-order valence-corrected chi connectivity index (χ0v) is 18.0. The minimum absolute atomic E-state index is 1.21. The molecule has 0 atom stereocenters. The van der Waals surface area contributed by atoms with Crippen molar-refractivity contribution in [2.75, 3.05) is 0 Å². The molecule has 0 bridgehead atoms. The zero-order valence-electron chi connectivity index (χ0n) is 18.0. The Morgan fingerprint density at radius 2 is 1.19 bits per heavy atom. The summed E-state index contributed by atoms with van der Waals surface area (Å²) in [6.45, 7) is 2.14. The molecule has 152 valence electrons. The van der Waals surface area contributed by atoms with E-state index in [2.05, 4.69) is 133 Å². The second kappa shape index (κ2) is 7.55. The highest BCUT2D eigenvalue weighted by Crippen LogP contribution is 2.37. The Morgan fingerprint density at radius 3 is 2.00 bits per heavy atom. The number of nitrogens with zero attached hydrogens (tertiary/aromatic N) is 1. The van der Waals surface area contributed by atoms with Gasteiger partial charge in [-0.1, -0.05) is 103 Å². The monoisotopic (exact) mass is 410 g/mol. The fraction of sp³-hybridized carbons (Fsp3) is 0.0323. The first-order valence-electron chi connectivity index (χ1n) is 11.0. The first-order chi connectivity index (χ1) is 15.8. The van der Waals surface area contributed by atoms with Gasteiger partial charge in [-0.2, -0.15) is 0 Å². The number of rotatable bonds is 3. The highest BCUT2D eigenvalue weighted by Gasteiger charge is 2.15. The molecule has 0 aliphatic rings. The summed E-state index contributed by atoms with van der Waals surface area (Å²) in [5, 5.41) is 3.75. The number of aromatic nitrogens is 1. The van der Waals surface area contributed by atoms with E-state index in [1.807, 2.05) is 0 Å². The molecule has 0 aliphatic carbocycles. The van der Waals surface area contributed by atoms with Gasteiger partial charge in [0.05, 0.1) is 16.9 Å². The molecule has 1 nitrogen and oxygen atoms in total. The molecule has 0 aliphatic heterocycles. The molecule has 5 aromatic carbocycles. The fourth-order valence-electron chi connectivity index (χ4n) is 4.62. The van der Waals surface area contributed by atoms with Gasteiger partial charge in [-0.05, 0) is 53.3 Å². The minimum Gasteiger partial charge on any atom is -0.309 e. The van der Waals surface area contributed by atoms with Crippen LogP contribution in [0.25, 0.3) is 49.7 Å². The third-order valence-electron chi connectivity index (χ3n) is 6.25. The lowest BCUT2D eigenvalue weighted by Crippen LogP contribution is -1.99. The van der Waals surface area contributed by atoms with Gasteiger partial charge in [0, 0.05) is 10.8 Å². The number of para-hydroxylation sites is 1. The van der Waals surface area contributed by atoms with Crippen molar-refractivity contribution in [2.24, 2.45) is 0 Å². The summed E-state index contributed by atoms with van der Waals surface area (Å²) in [7, 11) is 0. The molecule has 32 heavy (non-hydrogen) atoms. The quantitative estimate of drug-likeness (QED) is 0.276. The maximum absolute atomic E-state index is 2.43. The first-order valence-corrected chi connectivity index (χ1v) is 11.0. The van der Waals surface area contributed by atoms with Crippen molar-refractivity contribution in [3.63, 3.8) is 0 Å². The van der Waals surface area contributed by atoms with Crippen molar-refractivity contribution >= 4 is 21.7 Å². The fourth-order valence-corrected chi connectivity index (χ4v) is 4.62. The molecule has 6 rings (SSSR count). The third kappa shape index (κ3) is 3.11. The average Bonchev–Trinajstić information content (AvgIpc) is 3.24. The standard InChI is InChI=1S/C31H23N/c1-22-15-17-24(18-16-22)30-20-26-12-6-8-14-29(26)32(30)31-21-27(23-9-3-2-4-10-23)19-25-11-5-7-13-28(25)31/h2-21H,1H3/i30+1. The van der Waals surface area contributed by atoms with E-state index < -0.39 is 0 Å². The molecule has 1 aromatic heterocycles. The lowest BCUT2D eigenvalue weighted by Gasteiger charge is -2.16. The van der Waals surface area contributed by atoms with Crippen LogP contribution >= 0.6 is 0 Å². The van der Waals surface area contributed by atoms with Crippen LogP contribution in [-0.2, 0) is 0 Å². The van der Waals surface area contributed by atoms with Crippen LogP contribution in [-0.4, -0.2) is 4.57 Å². The average molecular weight is 411 g/mol. The van der Waals surface area contributed by atoms with E-state index in [4.69, 9.17) is 0 Å². The van der Waals surface area contributed by atoms with Gasteiger partial charge in [0.15, 0.2) is 0 Å². The van der Waals surface area contributed by atoms with Crippen LogP contribution in [0.2, 0.25) is 0 Å². The zero-order chi connectivity index (χ0) is 21.5. The number of benzene rings is 5. The van der Waals surface area contributed by atoms with E-state index >= 15 is 0 Å². The van der Waals surface area contributed by atoms with Gasteiger partial charge in [0.2, 0.25) is 0 Å². The second-order valence-corrected chi connectivity index (χ2v) is 8.37. The normalized spacial score (nSPS) is 11.3. The van der Waals surface area contributed by atoms with Gasteiger partial charge in [0.25, 0.3) is 0 Å². The van der Waals surface area contributed by atoms with Gasteiger partial charge >= 0.3 is 0 Å². The smallest absolute Gasteiger partial charge is 0.0546 e. The first kappa shape index (κ1) is 18.7. The summed E-state index contributed by atoms with van der Waals surface area (Å²) >= 11 is 0. The van der Waals surface area contributed by atoms with E-state index in [-0.39, 0.29) is 0 Å². The van der Waals surface area contributed by atoms with Crippen molar-refractivity contribution in [3.05, 3.63) is 127 Å². The molecule has 0 spiro atoms. The van der Waals surface area contributed by atoms with Gasteiger partial charge in [-0.15, -0.1) is 0 Å². The highest BCUT2D eigenvalue weighted by atomic mass is 15.1. The van der Waals surface area contributed by atoms with E-state index in [0.29, 0.717) is 0 Å². The predicted molar refractivity (Wildman–Crippen MR) is 136 cm³/mol. The summed E-state index contributed by atoms with van der Waals surface area (Å²) < 4.78 is 2.43. The Kier molecular flexibility index (Phi) is 4.40. The SMILES string of the molecule is Cc1ccc(-[13c]2cc3ccccc3n2-c2cc(-c3ccccc3)cc3ccccc23)cc1. The van der Waals surface area contributed by atoms with Crippen molar-refractivity contribution in [2.45, 2.75) is 6.92 Å². The summed E-state index contributed by atoms with van der Waals surface area (Å²) in [6, 6.07) is 43.8. The Morgan fingerprint density at radius 1 is 0.500 bits per heavy atom. The predicted octanol–water partition coefficient (Wildman–Crippen LogP) is 8.43. The Balaban J connectivity index is 1.72. The maximum Gasteiger partial charge on any atom is 0.0546 e. The number of hydrogen-bond acceptors (Lipinski definition) is 0. The van der Waals surface area contributed by atoms with Crippen LogP contribution < -0.4 is 0 Å². The van der Waals surface area contributed by atoms with Gasteiger partial charge < -0.3 is 4.57 Å². The van der Waals surface area contributed by atoms with Gasteiger partial charge in [-0.25, -0.2) is 0 Å². The summed E-state index contributed by atoms with van der Waals surface area (Å²) in [4.78, 5) is 0. The van der Waals surface area contributed by atoms with Crippen molar-refractivity contribution in [3.8, 4) is 28.1 Å². The number of fused-ring (bicyclic) bond motifs is 2. The largest absolute Gasteiger partial charge is 0.309 e. The number of aryl methyl sites for hydroxylation is 1. The van der Waals surface area contributed by atoms with Crippen LogP contribution in [0.15, 0.2) is 121 Å². The van der Waals surface area contributed by atoms with E-state index in [1.165, 1.54) is 55.3 Å². The lowest BCUT2D eigenvalue weighted by atomic mass is 9.99. The molecular formula is C31H23N. The molecule has 0 radical (unpaired) electrons. The molecule has 0 amide bonds. The van der Waals surface area contributed by atoms with Crippen molar-refractivity contribution in [1.29, 1.82) is 0 Å². The molecule has 0 fully saturated rings. The van der Waals surface area contributed by atoms with Gasteiger partial charge in [-0.3, -0.25) is 0 Å². The van der Waals surface area contributed by atoms with Crippen LogP contribution in [0, 0.1) is 6.92 Å². The molecule has 1 heterocycles. The minimum atomic E-state index is 1.21. The second-order valence-electron chi connectivity index (χ2n) is 8.37. The molecule has 6 aromatic rings. The van der Waals surface area contributed by atoms with E-state index in [1.54, 1.807) is 0 Å². The molecule has 0 saturated carbocycles. The lowest BCUT2D eigenvalue weighted by molar-refractivity contribution is 1.15. The van der Waals surface area contributed by atoms with Crippen LogP contribution in [0.1, 0.15) is 5.56 Å². The van der Waals surface area contributed by atoms with Crippen LogP contribution in [0.4, 0.5) is 0 Å². The summed E-state index contributed by atoms with van der Waals surface area (Å²) in [5.74, 6) is 0. The highest BCUT2D eigenvalue weighted by molar-refractivity contribution is 5.98. The van der Waals surface area contributed by atoms with Crippen LogP contribution in [0.5, 0.6) is 0 Å². The van der Waals surface area contributed by atoms with Crippen molar-refractivity contribution in [1.82, 2.24) is 4.57 Å². The van der Waals surface area contributed by atoms with Crippen molar-refractivity contribution < 1.29 is 0 Å². The summed E-state index contributed by atoms with van der Waals surface area (Å²) in [6.07, 6.45) is 0. The molecular weight excluding hydrogens is 387 g/mol. The van der Waals surface area contributed by atoms with E-state index in [9.17, 15) is 0 Å². The molecule has 0 N–H and O–H groups in total. The Labute approximate surface area is 188 Å². The topological polar surface area (TPSA) is 4.93 Å². The van der Waals surface area contributed by atoms with Gasteiger partial charge in [0.1, 0.15) is 0 Å². The maximum atomic E-state index is 2.43. The number of hydrogen-bond donors (Lipinski definition) is 0. The third-order valence-corrected chi connectivity index (χ3v) is 6.25. The molecule has 1 heteroatoms. The van der Waals surface area contributed by atoms with Crippen LogP contribution in [0.3, 0.4) is 0 Å². The Bertz CT molecular complexity index is 1550. The summed E-state index contributed by atoms with van der Waals surface area (Å²) in [5.41, 5.74) is 8.59.